The maximum atomic E-state index is 11.5. The van der Waals surface area contributed by atoms with Crippen LogP contribution in [0.1, 0.15) is 54.1 Å². The zero-order valence-electron chi connectivity index (χ0n) is 13.7. The molecular formula is C16H22N6O. The minimum Gasteiger partial charge on any atom is -0.352 e. The lowest BCUT2D eigenvalue weighted by molar-refractivity contribution is 0.0952. The molecule has 2 heterocycles. The fourth-order valence-electron chi connectivity index (χ4n) is 3.05. The van der Waals surface area contributed by atoms with Crippen molar-refractivity contribution in [1.29, 1.82) is 0 Å². The summed E-state index contributed by atoms with van der Waals surface area (Å²) in [7, 11) is 1.56. The summed E-state index contributed by atoms with van der Waals surface area (Å²) < 4.78 is 0. The number of hydrogen-bond donors (Lipinski definition) is 3. The smallest absolute Gasteiger partial charge is 0.288 e. The second-order valence-electron chi connectivity index (χ2n) is 6.22. The van der Waals surface area contributed by atoms with E-state index < -0.39 is 0 Å². The van der Waals surface area contributed by atoms with Crippen LogP contribution in [0.25, 0.3) is 0 Å². The summed E-state index contributed by atoms with van der Waals surface area (Å²) in [6, 6.07) is 2.05. The molecule has 0 aromatic carbocycles. The summed E-state index contributed by atoms with van der Waals surface area (Å²) in [5.74, 6) is 1.97. The molecule has 0 aliphatic heterocycles. The van der Waals surface area contributed by atoms with Crippen molar-refractivity contribution in [2.45, 2.75) is 39.0 Å². The number of aromatic amines is 1. The Morgan fingerprint density at radius 2 is 2.22 bits per heavy atom. The van der Waals surface area contributed by atoms with Crippen molar-refractivity contribution in [3.63, 3.8) is 0 Å². The lowest BCUT2D eigenvalue weighted by atomic mass is 10.0. The van der Waals surface area contributed by atoms with Crippen LogP contribution in [0.4, 0.5) is 11.5 Å². The topological polar surface area (TPSA) is 95.6 Å². The van der Waals surface area contributed by atoms with E-state index in [1.54, 1.807) is 13.2 Å². The molecule has 1 aliphatic carbocycles. The number of aryl methyl sites for hydroxylation is 1. The number of rotatable bonds is 4. The lowest BCUT2D eigenvalue weighted by Crippen LogP contribution is -2.21. The lowest BCUT2D eigenvalue weighted by Gasteiger charge is -2.07. The van der Waals surface area contributed by atoms with Crippen LogP contribution in [-0.4, -0.2) is 33.1 Å². The molecule has 1 saturated carbocycles. The van der Waals surface area contributed by atoms with Gasteiger partial charge >= 0.3 is 0 Å². The van der Waals surface area contributed by atoms with Crippen molar-refractivity contribution in [3.8, 4) is 0 Å². The average molecular weight is 314 g/mol. The molecule has 0 bridgehead atoms. The molecule has 3 N–H and O–H groups in total. The van der Waals surface area contributed by atoms with Crippen molar-refractivity contribution in [2.75, 3.05) is 12.4 Å². The minimum atomic E-state index is -0.294. The van der Waals surface area contributed by atoms with Crippen LogP contribution in [0.2, 0.25) is 0 Å². The Labute approximate surface area is 135 Å². The second kappa shape index (κ2) is 6.36. The van der Waals surface area contributed by atoms with E-state index >= 15 is 0 Å². The summed E-state index contributed by atoms with van der Waals surface area (Å²) in [5.41, 5.74) is 2.63. The molecule has 1 fully saturated rings. The first-order chi connectivity index (χ1) is 11.1. The zero-order valence-corrected chi connectivity index (χ0v) is 13.7. The molecule has 2 unspecified atom stereocenters. The largest absolute Gasteiger partial charge is 0.352 e. The predicted octanol–water partition coefficient (Wildman–Crippen LogP) is 2.51. The monoisotopic (exact) mass is 314 g/mol. The van der Waals surface area contributed by atoms with Crippen LogP contribution < -0.4 is 10.6 Å². The SMILES string of the molecule is CNC(=O)c1ncc(Nc2cc(C3CCC(C)C3)[nH]n2)c(C)n1. The quantitative estimate of drug-likeness (QED) is 0.806. The van der Waals surface area contributed by atoms with E-state index in [1.807, 2.05) is 6.92 Å². The van der Waals surface area contributed by atoms with Crippen molar-refractivity contribution >= 4 is 17.4 Å². The summed E-state index contributed by atoms with van der Waals surface area (Å²) in [6.45, 7) is 4.13. The Balaban J connectivity index is 1.72. The third-order valence-electron chi connectivity index (χ3n) is 4.40. The van der Waals surface area contributed by atoms with Gasteiger partial charge in [-0.15, -0.1) is 0 Å². The number of anilines is 2. The fourth-order valence-corrected chi connectivity index (χ4v) is 3.05. The van der Waals surface area contributed by atoms with Gasteiger partial charge < -0.3 is 10.6 Å². The van der Waals surface area contributed by atoms with E-state index in [4.69, 9.17) is 0 Å². The summed E-state index contributed by atoms with van der Waals surface area (Å²) >= 11 is 0. The van der Waals surface area contributed by atoms with Gasteiger partial charge in [-0.1, -0.05) is 13.3 Å². The molecule has 23 heavy (non-hydrogen) atoms. The van der Waals surface area contributed by atoms with E-state index in [1.165, 1.54) is 25.0 Å². The van der Waals surface area contributed by atoms with Gasteiger partial charge in [-0.05, 0) is 25.7 Å². The third-order valence-corrected chi connectivity index (χ3v) is 4.40. The van der Waals surface area contributed by atoms with Crippen LogP contribution in [0.15, 0.2) is 12.3 Å². The van der Waals surface area contributed by atoms with Gasteiger partial charge in [0.2, 0.25) is 5.82 Å². The van der Waals surface area contributed by atoms with Gasteiger partial charge in [0.05, 0.1) is 17.6 Å². The molecule has 0 radical (unpaired) electrons. The number of amides is 1. The standard InChI is InChI=1S/C16H22N6O/c1-9-4-5-11(6-9)12-7-14(22-21-12)20-13-8-18-15(16(23)17-3)19-10(13)2/h7-9,11H,4-6H2,1-3H3,(H,17,23)(H2,20,21,22). The van der Waals surface area contributed by atoms with Gasteiger partial charge in [-0.25, -0.2) is 9.97 Å². The summed E-state index contributed by atoms with van der Waals surface area (Å²) in [6.07, 6.45) is 5.32. The third kappa shape index (κ3) is 3.33. The van der Waals surface area contributed by atoms with Crippen LogP contribution in [0.3, 0.4) is 0 Å². The number of carbonyl (C=O) groups is 1. The van der Waals surface area contributed by atoms with E-state index in [0.29, 0.717) is 11.6 Å². The number of hydrogen-bond acceptors (Lipinski definition) is 5. The number of carbonyl (C=O) groups excluding carboxylic acids is 1. The molecule has 0 saturated heterocycles. The molecule has 122 valence electrons. The molecule has 2 atom stereocenters. The van der Waals surface area contributed by atoms with E-state index in [0.717, 1.165) is 17.4 Å². The van der Waals surface area contributed by atoms with Gasteiger partial charge in [-0.3, -0.25) is 9.89 Å². The van der Waals surface area contributed by atoms with Gasteiger partial charge in [-0.2, -0.15) is 5.10 Å². The summed E-state index contributed by atoms with van der Waals surface area (Å²) in [4.78, 5) is 19.8. The Kier molecular flexibility index (Phi) is 4.27. The minimum absolute atomic E-state index is 0.165. The highest BCUT2D eigenvalue weighted by Crippen LogP contribution is 2.37. The average Bonchev–Trinajstić information content (AvgIpc) is 3.17. The normalized spacial score (nSPS) is 20.5. The predicted molar refractivity (Wildman–Crippen MR) is 87.8 cm³/mol. The number of nitrogens with zero attached hydrogens (tertiary/aromatic N) is 3. The van der Waals surface area contributed by atoms with E-state index in [-0.39, 0.29) is 11.7 Å². The maximum absolute atomic E-state index is 11.5. The molecule has 1 amide bonds. The molecule has 7 heteroatoms. The van der Waals surface area contributed by atoms with Crippen molar-refractivity contribution in [3.05, 3.63) is 29.5 Å². The van der Waals surface area contributed by atoms with Gasteiger partial charge in [0, 0.05) is 24.7 Å². The number of aromatic nitrogens is 4. The molecule has 2 aromatic rings. The zero-order chi connectivity index (χ0) is 16.4. The highest BCUT2D eigenvalue weighted by atomic mass is 16.2. The van der Waals surface area contributed by atoms with Crippen molar-refractivity contribution in [1.82, 2.24) is 25.5 Å². The Morgan fingerprint density at radius 1 is 1.39 bits per heavy atom. The molecular weight excluding hydrogens is 292 g/mol. The highest BCUT2D eigenvalue weighted by molar-refractivity contribution is 5.90. The van der Waals surface area contributed by atoms with Crippen molar-refractivity contribution in [2.24, 2.45) is 5.92 Å². The van der Waals surface area contributed by atoms with E-state index in [2.05, 4.69) is 43.8 Å². The Morgan fingerprint density at radius 3 is 2.87 bits per heavy atom. The molecule has 7 nitrogen and oxygen atoms in total. The van der Waals surface area contributed by atoms with Crippen LogP contribution in [0, 0.1) is 12.8 Å². The number of nitrogens with one attached hydrogen (secondary N) is 3. The molecule has 3 rings (SSSR count). The van der Waals surface area contributed by atoms with Crippen molar-refractivity contribution < 1.29 is 4.79 Å². The first-order valence-electron chi connectivity index (χ1n) is 7.95. The molecule has 2 aromatic heterocycles. The summed E-state index contributed by atoms with van der Waals surface area (Å²) in [5, 5.41) is 13.2. The van der Waals surface area contributed by atoms with Gasteiger partial charge in [0.1, 0.15) is 0 Å². The van der Waals surface area contributed by atoms with Crippen LogP contribution >= 0.6 is 0 Å². The van der Waals surface area contributed by atoms with Gasteiger partial charge in [0.15, 0.2) is 5.82 Å². The van der Waals surface area contributed by atoms with Gasteiger partial charge in [0.25, 0.3) is 5.91 Å². The van der Waals surface area contributed by atoms with E-state index in [9.17, 15) is 4.79 Å². The Hall–Kier alpha value is -2.44. The first-order valence-corrected chi connectivity index (χ1v) is 7.95. The number of H-pyrrole nitrogens is 1. The highest BCUT2D eigenvalue weighted by Gasteiger charge is 2.24. The van der Waals surface area contributed by atoms with Crippen LogP contribution in [-0.2, 0) is 0 Å². The molecule has 1 aliphatic rings. The maximum Gasteiger partial charge on any atom is 0.288 e. The fraction of sp³-hybridized carbons (Fsp3) is 0.500. The Bertz CT molecular complexity index is 710. The van der Waals surface area contributed by atoms with Crippen LogP contribution in [0.5, 0.6) is 0 Å². The first kappa shape index (κ1) is 15.5. The molecule has 0 spiro atoms. The second-order valence-corrected chi connectivity index (χ2v) is 6.22.